The minimum absolute atomic E-state index is 0.260. The van der Waals surface area contributed by atoms with Gasteiger partial charge in [-0.15, -0.1) is 0 Å². The molecule has 88 valence electrons. The monoisotopic (exact) mass is 356 g/mol. The van der Waals surface area contributed by atoms with Crippen LogP contribution in [0, 0.1) is 0 Å². The molecule has 0 saturated heterocycles. The highest BCUT2D eigenvalue weighted by molar-refractivity contribution is 9.12. The Balaban J connectivity index is 2.48. The predicted molar refractivity (Wildman–Crippen MR) is 74.9 cm³/mol. The van der Waals surface area contributed by atoms with Gasteiger partial charge in [-0.3, -0.25) is 4.79 Å². The summed E-state index contributed by atoms with van der Waals surface area (Å²) < 4.78 is 1.53. The fourth-order valence-corrected chi connectivity index (χ4v) is 3.81. The minimum Gasteiger partial charge on any atom is -0.378 e. The van der Waals surface area contributed by atoms with Crippen LogP contribution in [0.5, 0.6) is 0 Å². The molecule has 0 radical (unpaired) electrons. The second-order valence-electron chi connectivity index (χ2n) is 3.92. The number of carbonyl (C=O) groups excluding carboxylic acids is 1. The summed E-state index contributed by atoms with van der Waals surface area (Å²) in [6.07, 6.45) is 2.35. The van der Waals surface area contributed by atoms with Gasteiger partial charge < -0.3 is 5.11 Å². The summed E-state index contributed by atoms with van der Waals surface area (Å²) in [5.41, 5.74) is 0.586. The number of halogens is 2. The molecule has 1 atom stereocenters. The Kier molecular flexibility index (Phi) is 3.66. The summed E-state index contributed by atoms with van der Waals surface area (Å²) in [5.74, 6) is 0. The second kappa shape index (κ2) is 4.88. The number of hydrogen-bond donors (Lipinski definition) is 1. The minimum atomic E-state index is -1.42. The molecule has 0 bridgehead atoms. The van der Waals surface area contributed by atoms with Crippen LogP contribution in [0.25, 0.3) is 5.57 Å². The van der Waals surface area contributed by atoms with Gasteiger partial charge in [0.15, 0.2) is 6.29 Å². The highest BCUT2D eigenvalue weighted by Crippen LogP contribution is 2.41. The van der Waals surface area contributed by atoms with E-state index in [-0.39, 0.29) is 6.42 Å². The summed E-state index contributed by atoms with van der Waals surface area (Å²) in [4.78, 5) is 10.9. The average molecular weight is 358 g/mol. The van der Waals surface area contributed by atoms with Crippen LogP contribution >= 0.6 is 31.9 Å². The van der Waals surface area contributed by atoms with Crippen molar-refractivity contribution in [1.29, 1.82) is 0 Å². The van der Waals surface area contributed by atoms with Crippen molar-refractivity contribution < 1.29 is 9.90 Å². The molecule has 1 aliphatic carbocycles. The first-order chi connectivity index (χ1) is 8.06. The maximum absolute atomic E-state index is 10.9. The van der Waals surface area contributed by atoms with Crippen molar-refractivity contribution in [2.24, 2.45) is 0 Å². The lowest BCUT2D eigenvalue weighted by atomic mass is 9.90. The maximum Gasteiger partial charge on any atom is 0.155 e. The summed E-state index contributed by atoms with van der Waals surface area (Å²) in [5, 5.41) is 9.95. The van der Waals surface area contributed by atoms with Crippen LogP contribution < -0.4 is 0 Å². The molecule has 1 aromatic carbocycles. The average Bonchev–Trinajstić information content (AvgIpc) is 2.29. The smallest absolute Gasteiger partial charge is 0.155 e. The Morgan fingerprint density at radius 1 is 1.24 bits per heavy atom. The Morgan fingerprint density at radius 3 is 2.41 bits per heavy atom. The molecule has 0 saturated carbocycles. The van der Waals surface area contributed by atoms with Gasteiger partial charge in [0.25, 0.3) is 0 Å². The number of benzene rings is 1. The molecule has 0 amide bonds. The zero-order valence-corrected chi connectivity index (χ0v) is 12.0. The van der Waals surface area contributed by atoms with Crippen LogP contribution in [0.1, 0.15) is 12.0 Å². The maximum atomic E-state index is 10.9. The van der Waals surface area contributed by atoms with E-state index in [1.54, 1.807) is 0 Å². The lowest BCUT2D eigenvalue weighted by Gasteiger charge is -2.25. The molecule has 1 aliphatic rings. The first-order valence-electron chi connectivity index (χ1n) is 5.07. The highest BCUT2D eigenvalue weighted by atomic mass is 79.9. The molecule has 0 aliphatic heterocycles. The van der Waals surface area contributed by atoms with E-state index in [1.807, 2.05) is 30.3 Å². The van der Waals surface area contributed by atoms with Crippen molar-refractivity contribution in [2.75, 3.05) is 0 Å². The van der Waals surface area contributed by atoms with Gasteiger partial charge in [0.05, 0.1) is 0 Å². The molecule has 17 heavy (non-hydrogen) atoms. The Morgan fingerprint density at radius 2 is 1.88 bits per heavy atom. The number of allylic oxidation sites excluding steroid dienone is 2. The first-order valence-corrected chi connectivity index (χ1v) is 6.66. The van der Waals surface area contributed by atoms with Gasteiger partial charge in [-0.1, -0.05) is 62.2 Å². The summed E-state index contributed by atoms with van der Waals surface area (Å²) in [6.45, 7) is 0. The third-order valence-corrected chi connectivity index (χ3v) is 3.89. The zero-order valence-electron chi connectivity index (χ0n) is 8.86. The standard InChI is InChI=1S/C13H10Br2O2/c14-10-6-13(17,8-16)7-11(15)12(10)9-4-2-1-3-5-9/h1-6,8,17H,7H2. The van der Waals surface area contributed by atoms with Crippen molar-refractivity contribution >= 4 is 43.7 Å². The molecule has 1 aromatic rings. The Labute approximate surface area is 116 Å². The van der Waals surface area contributed by atoms with Gasteiger partial charge in [-0.25, -0.2) is 0 Å². The quantitative estimate of drug-likeness (QED) is 0.823. The first kappa shape index (κ1) is 12.7. The lowest BCUT2D eigenvalue weighted by molar-refractivity contribution is -0.119. The molecule has 2 rings (SSSR count). The molecule has 0 spiro atoms. The molecule has 0 aromatic heterocycles. The van der Waals surface area contributed by atoms with Gasteiger partial charge in [-0.05, 0) is 11.6 Å². The van der Waals surface area contributed by atoms with E-state index in [4.69, 9.17) is 0 Å². The van der Waals surface area contributed by atoms with E-state index in [0.29, 0.717) is 6.29 Å². The van der Waals surface area contributed by atoms with E-state index in [9.17, 15) is 9.90 Å². The van der Waals surface area contributed by atoms with E-state index >= 15 is 0 Å². The molecule has 4 heteroatoms. The highest BCUT2D eigenvalue weighted by Gasteiger charge is 2.31. The molecule has 0 heterocycles. The van der Waals surface area contributed by atoms with E-state index in [1.165, 1.54) is 6.08 Å². The third kappa shape index (κ3) is 2.59. The number of hydrogen-bond acceptors (Lipinski definition) is 2. The number of aliphatic hydroxyl groups is 1. The van der Waals surface area contributed by atoms with Crippen molar-refractivity contribution in [1.82, 2.24) is 0 Å². The van der Waals surface area contributed by atoms with Gasteiger partial charge in [0, 0.05) is 21.0 Å². The lowest BCUT2D eigenvalue weighted by Crippen LogP contribution is -2.30. The Hall–Kier alpha value is -0.710. The topological polar surface area (TPSA) is 37.3 Å². The molecular weight excluding hydrogens is 348 g/mol. The van der Waals surface area contributed by atoms with E-state index in [0.717, 1.165) is 20.1 Å². The molecular formula is C13H10Br2O2. The van der Waals surface area contributed by atoms with Gasteiger partial charge in [-0.2, -0.15) is 0 Å². The summed E-state index contributed by atoms with van der Waals surface area (Å²) >= 11 is 6.84. The van der Waals surface area contributed by atoms with Crippen LogP contribution in [0.15, 0.2) is 45.4 Å². The van der Waals surface area contributed by atoms with Gasteiger partial charge >= 0.3 is 0 Å². The van der Waals surface area contributed by atoms with Gasteiger partial charge in [0.1, 0.15) is 5.60 Å². The van der Waals surface area contributed by atoms with Crippen LogP contribution in [0.3, 0.4) is 0 Å². The molecule has 1 N–H and O–H groups in total. The normalized spacial score (nSPS) is 24.5. The van der Waals surface area contributed by atoms with Crippen LogP contribution in [-0.2, 0) is 4.79 Å². The van der Waals surface area contributed by atoms with Crippen molar-refractivity contribution in [2.45, 2.75) is 12.0 Å². The fraction of sp³-hybridized carbons (Fsp3) is 0.154. The largest absolute Gasteiger partial charge is 0.378 e. The summed E-state index contributed by atoms with van der Waals surface area (Å²) in [6, 6.07) is 9.81. The second-order valence-corrected chi connectivity index (χ2v) is 5.74. The zero-order chi connectivity index (χ0) is 12.5. The fourth-order valence-electron chi connectivity index (χ4n) is 1.78. The van der Waals surface area contributed by atoms with E-state index in [2.05, 4.69) is 31.9 Å². The predicted octanol–water partition coefficient (Wildman–Crippen LogP) is 3.41. The third-order valence-electron chi connectivity index (χ3n) is 2.59. The van der Waals surface area contributed by atoms with Crippen molar-refractivity contribution in [3.63, 3.8) is 0 Å². The van der Waals surface area contributed by atoms with E-state index < -0.39 is 5.60 Å². The van der Waals surface area contributed by atoms with Gasteiger partial charge in [0.2, 0.25) is 0 Å². The van der Waals surface area contributed by atoms with Crippen LogP contribution in [0.4, 0.5) is 0 Å². The van der Waals surface area contributed by atoms with Crippen LogP contribution in [0.2, 0.25) is 0 Å². The van der Waals surface area contributed by atoms with Crippen LogP contribution in [-0.4, -0.2) is 17.0 Å². The number of rotatable bonds is 2. The molecule has 1 unspecified atom stereocenters. The van der Waals surface area contributed by atoms with Crippen molar-refractivity contribution in [3.8, 4) is 0 Å². The van der Waals surface area contributed by atoms with Crippen molar-refractivity contribution in [3.05, 3.63) is 50.9 Å². The molecule has 2 nitrogen and oxygen atoms in total. The summed E-state index contributed by atoms with van der Waals surface area (Å²) in [7, 11) is 0. The molecule has 0 fully saturated rings. The number of aldehydes is 1. The number of carbonyl (C=O) groups is 1. The SMILES string of the molecule is O=CC1(O)C=C(Br)C(c2ccccc2)=C(Br)C1. The Bertz CT molecular complexity index is 505.